The average Bonchev–Trinajstić information content (AvgIpc) is 2.45. The van der Waals surface area contributed by atoms with E-state index in [9.17, 15) is 20.2 Å². The van der Waals surface area contributed by atoms with Crippen molar-refractivity contribution in [3.05, 3.63) is 52.5 Å². The van der Waals surface area contributed by atoms with Gasteiger partial charge in [0.15, 0.2) is 33.0 Å². The summed E-state index contributed by atoms with van der Waals surface area (Å²) < 4.78 is 10.9. The molecule has 0 fully saturated rings. The van der Waals surface area contributed by atoms with E-state index in [1.165, 1.54) is 0 Å². The molecule has 0 bridgehead atoms. The Morgan fingerprint density at radius 1 is 0.750 bits per heavy atom. The predicted molar refractivity (Wildman–Crippen MR) is 86.4 cm³/mol. The van der Waals surface area contributed by atoms with Crippen LogP contribution in [0.1, 0.15) is 0 Å². The summed E-state index contributed by atoms with van der Waals surface area (Å²) >= 11 is 23.5. The maximum atomic E-state index is 11.0. The Morgan fingerprint density at radius 3 is 1.38 bits per heavy atom. The lowest BCUT2D eigenvalue weighted by Gasteiger charge is -2.22. The van der Waals surface area contributed by atoms with Gasteiger partial charge in [0.2, 0.25) is 0 Å². The third-order valence-electron chi connectivity index (χ3n) is 3.02. The first kappa shape index (κ1) is 16.8. The molecule has 3 rings (SSSR count). The van der Waals surface area contributed by atoms with Crippen LogP contribution < -0.4 is 9.47 Å². The van der Waals surface area contributed by atoms with E-state index < -0.39 is 31.3 Å². The first-order valence-electron chi connectivity index (χ1n) is 5.90. The maximum absolute atomic E-state index is 11.0. The summed E-state index contributed by atoms with van der Waals surface area (Å²) in [4.78, 5) is 20.5. The lowest BCUT2D eigenvalue weighted by Crippen LogP contribution is -2.04. The van der Waals surface area contributed by atoms with Crippen molar-refractivity contribution in [1.29, 1.82) is 0 Å². The molecule has 0 amide bonds. The smallest absolute Gasteiger partial charge is 0.310 e. The maximum Gasteiger partial charge on any atom is 0.310 e. The van der Waals surface area contributed by atoms with Crippen molar-refractivity contribution < 1.29 is 19.3 Å². The number of benzene rings is 2. The van der Waals surface area contributed by atoms with Crippen molar-refractivity contribution in [2.75, 3.05) is 0 Å². The molecule has 0 radical (unpaired) electrons. The summed E-state index contributed by atoms with van der Waals surface area (Å²) in [5, 5.41) is 20.7. The fourth-order valence-corrected chi connectivity index (χ4v) is 3.26. The minimum Gasteiger partial charge on any atom is -0.448 e. The number of hydrogen-bond acceptors (Lipinski definition) is 6. The molecule has 0 saturated heterocycles. The second kappa shape index (κ2) is 5.82. The molecule has 1 heterocycles. The van der Waals surface area contributed by atoms with Crippen LogP contribution in [-0.4, -0.2) is 9.85 Å². The van der Waals surface area contributed by atoms with E-state index in [1.807, 2.05) is 0 Å². The van der Waals surface area contributed by atoms with Gasteiger partial charge in [-0.15, -0.1) is 0 Å². The summed E-state index contributed by atoms with van der Waals surface area (Å²) in [6, 6.07) is 2.20. The summed E-state index contributed by atoms with van der Waals surface area (Å²) in [5.41, 5.74) is -1.13. The van der Waals surface area contributed by atoms with Gasteiger partial charge < -0.3 is 9.47 Å². The van der Waals surface area contributed by atoms with Gasteiger partial charge in [-0.3, -0.25) is 20.2 Å². The number of halogens is 4. The fraction of sp³-hybridized carbons (Fsp3) is 0. The van der Waals surface area contributed by atoms with E-state index in [-0.39, 0.29) is 33.0 Å². The Labute approximate surface area is 152 Å². The van der Waals surface area contributed by atoms with Crippen LogP contribution in [0.25, 0.3) is 0 Å². The molecule has 24 heavy (non-hydrogen) atoms. The van der Waals surface area contributed by atoms with Crippen molar-refractivity contribution in [1.82, 2.24) is 0 Å². The van der Waals surface area contributed by atoms with Crippen LogP contribution in [0.2, 0.25) is 20.1 Å². The van der Waals surface area contributed by atoms with E-state index in [2.05, 4.69) is 0 Å². The molecule has 0 atom stereocenters. The van der Waals surface area contributed by atoms with E-state index in [4.69, 9.17) is 55.9 Å². The van der Waals surface area contributed by atoms with Crippen LogP contribution in [0.5, 0.6) is 23.0 Å². The molecule has 8 nitrogen and oxygen atoms in total. The second-order valence-corrected chi connectivity index (χ2v) is 5.99. The molecular formula is C12H2Cl4N2O6. The van der Waals surface area contributed by atoms with Crippen molar-refractivity contribution in [2.24, 2.45) is 0 Å². The molecule has 1 aliphatic rings. The number of ether oxygens (including phenoxy) is 2. The van der Waals surface area contributed by atoms with Crippen molar-refractivity contribution in [2.45, 2.75) is 0 Å². The zero-order valence-corrected chi connectivity index (χ0v) is 14.0. The lowest BCUT2D eigenvalue weighted by molar-refractivity contribution is -0.384. The highest BCUT2D eigenvalue weighted by Gasteiger charge is 2.35. The first-order valence-corrected chi connectivity index (χ1v) is 7.42. The Kier molecular flexibility index (Phi) is 4.08. The van der Waals surface area contributed by atoms with Crippen LogP contribution in [-0.2, 0) is 0 Å². The van der Waals surface area contributed by atoms with E-state index >= 15 is 0 Å². The minimum absolute atomic E-state index is 0.0818. The second-order valence-electron chi connectivity index (χ2n) is 4.41. The molecule has 124 valence electrons. The van der Waals surface area contributed by atoms with Crippen LogP contribution in [0.15, 0.2) is 12.1 Å². The SMILES string of the molecule is O=[N+]([O-])c1c(Cl)cc2c(c1Cl)Oc1cc(Cl)c([N+](=O)[O-])c(Cl)c1O2. The third kappa shape index (κ3) is 2.48. The highest BCUT2D eigenvalue weighted by atomic mass is 35.5. The van der Waals surface area contributed by atoms with E-state index in [1.54, 1.807) is 0 Å². The molecule has 0 unspecified atom stereocenters. The zero-order valence-electron chi connectivity index (χ0n) is 11.0. The predicted octanol–water partition coefficient (Wildman–Crippen LogP) is 6.01. The number of nitro groups is 2. The van der Waals surface area contributed by atoms with Crippen LogP contribution in [0, 0.1) is 20.2 Å². The number of nitro benzene ring substituents is 2. The van der Waals surface area contributed by atoms with Crippen LogP contribution >= 0.6 is 46.4 Å². The molecule has 2 aromatic carbocycles. The Bertz CT molecular complexity index is 857. The van der Waals surface area contributed by atoms with Gasteiger partial charge in [0.1, 0.15) is 10.0 Å². The lowest BCUT2D eigenvalue weighted by atomic mass is 10.2. The molecule has 0 saturated carbocycles. The molecule has 0 spiro atoms. The van der Waals surface area contributed by atoms with Gasteiger partial charge in [0.05, 0.1) is 9.85 Å². The first-order chi connectivity index (χ1) is 11.2. The summed E-state index contributed by atoms with van der Waals surface area (Å²) in [5.74, 6) is -0.522. The topological polar surface area (TPSA) is 105 Å². The average molecular weight is 412 g/mol. The molecule has 2 aromatic rings. The highest BCUT2D eigenvalue weighted by Crippen LogP contribution is 2.57. The fourth-order valence-electron chi connectivity index (χ4n) is 2.04. The normalized spacial score (nSPS) is 11.8. The molecular weight excluding hydrogens is 410 g/mol. The Hall–Kier alpha value is -2.00. The third-order valence-corrected chi connectivity index (χ3v) is 4.30. The van der Waals surface area contributed by atoms with Crippen LogP contribution in [0.3, 0.4) is 0 Å². The summed E-state index contributed by atoms with van der Waals surface area (Å²) in [6.45, 7) is 0. The van der Waals surface area contributed by atoms with Gasteiger partial charge in [0, 0.05) is 12.1 Å². The monoisotopic (exact) mass is 410 g/mol. The Balaban J connectivity index is 2.22. The summed E-state index contributed by atoms with van der Waals surface area (Å²) in [7, 11) is 0. The van der Waals surface area contributed by atoms with Crippen molar-refractivity contribution in [3.63, 3.8) is 0 Å². The van der Waals surface area contributed by atoms with Gasteiger partial charge in [-0.1, -0.05) is 46.4 Å². The Morgan fingerprint density at radius 2 is 1.08 bits per heavy atom. The number of rotatable bonds is 2. The number of fused-ring (bicyclic) bond motifs is 2. The largest absolute Gasteiger partial charge is 0.448 e. The van der Waals surface area contributed by atoms with E-state index in [0.29, 0.717) is 0 Å². The van der Waals surface area contributed by atoms with Crippen molar-refractivity contribution in [3.8, 4) is 23.0 Å². The van der Waals surface area contributed by atoms with Crippen molar-refractivity contribution >= 4 is 57.8 Å². The number of nitrogens with zero attached hydrogens (tertiary/aromatic N) is 2. The van der Waals surface area contributed by atoms with Gasteiger partial charge in [-0.25, -0.2) is 0 Å². The van der Waals surface area contributed by atoms with Crippen LogP contribution in [0.4, 0.5) is 11.4 Å². The molecule has 0 aromatic heterocycles. The molecule has 12 heteroatoms. The number of hydrogen-bond donors (Lipinski definition) is 0. The van der Waals surface area contributed by atoms with Gasteiger partial charge in [-0.05, 0) is 0 Å². The molecule has 0 aliphatic carbocycles. The van der Waals surface area contributed by atoms with Gasteiger partial charge >= 0.3 is 11.4 Å². The standard InChI is InChI=1S/C12H2Cl4N2O6/c13-3-1-5-11(7(15)9(3)17(19)20)24-6-2-4(14)10(18(21)22)8(16)12(6)23-5/h1-2H. The van der Waals surface area contributed by atoms with Gasteiger partial charge in [0.25, 0.3) is 0 Å². The van der Waals surface area contributed by atoms with Gasteiger partial charge in [-0.2, -0.15) is 0 Å². The molecule has 1 aliphatic heterocycles. The summed E-state index contributed by atoms with van der Waals surface area (Å²) in [6.07, 6.45) is 0. The molecule has 0 N–H and O–H groups in total. The minimum atomic E-state index is -0.778. The highest BCUT2D eigenvalue weighted by molar-refractivity contribution is 6.40. The quantitative estimate of drug-likeness (QED) is 0.377. The zero-order chi connectivity index (χ0) is 17.8. The van der Waals surface area contributed by atoms with E-state index in [0.717, 1.165) is 12.1 Å².